The quantitative estimate of drug-likeness (QED) is 0.485. The van der Waals surface area contributed by atoms with Crippen molar-refractivity contribution in [1.82, 2.24) is 4.98 Å². The van der Waals surface area contributed by atoms with Gasteiger partial charge >= 0.3 is 0 Å². The third-order valence-electron chi connectivity index (χ3n) is 4.32. The molecule has 0 amide bonds. The van der Waals surface area contributed by atoms with Crippen LogP contribution in [-0.4, -0.2) is 4.98 Å². The van der Waals surface area contributed by atoms with Crippen LogP contribution < -0.4 is 4.57 Å². The van der Waals surface area contributed by atoms with Gasteiger partial charge < -0.3 is 0 Å². The summed E-state index contributed by atoms with van der Waals surface area (Å²) in [6, 6.07) is 15.1. The largest absolute Gasteiger partial charge is 0.260 e. The van der Waals surface area contributed by atoms with Crippen molar-refractivity contribution in [3.8, 4) is 22.4 Å². The molecule has 0 fully saturated rings. The number of rotatable bonds is 1. The van der Waals surface area contributed by atoms with E-state index >= 15 is 0 Å². The molecule has 1 aliphatic carbocycles. The molecule has 0 bridgehead atoms. The van der Waals surface area contributed by atoms with Gasteiger partial charge in [-0.1, -0.05) is 24.3 Å². The van der Waals surface area contributed by atoms with Crippen molar-refractivity contribution in [3.05, 3.63) is 71.7 Å². The molecule has 2 nitrogen and oxygen atoms in total. The fourth-order valence-corrected chi connectivity index (χ4v) is 3.23. The number of fused-ring (bicyclic) bond motifs is 3. The maximum atomic E-state index is 4.51. The molecule has 0 radical (unpaired) electrons. The van der Waals surface area contributed by atoms with Crippen LogP contribution in [0.15, 0.2) is 54.9 Å². The van der Waals surface area contributed by atoms with Gasteiger partial charge in [0.1, 0.15) is 7.05 Å². The SMILES string of the molecule is Cc1ccccc1-c1cc2c(c[n+]1C)Cc1ncccc1-2. The molecule has 0 N–H and O–H groups in total. The van der Waals surface area contributed by atoms with Crippen molar-refractivity contribution in [2.75, 3.05) is 0 Å². The van der Waals surface area contributed by atoms with Crippen molar-refractivity contribution >= 4 is 0 Å². The summed E-state index contributed by atoms with van der Waals surface area (Å²) in [7, 11) is 2.12. The van der Waals surface area contributed by atoms with Crippen molar-refractivity contribution in [3.63, 3.8) is 0 Å². The molecule has 21 heavy (non-hydrogen) atoms. The Bertz CT molecular complexity index is 850. The van der Waals surface area contributed by atoms with Crippen LogP contribution >= 0.6 is 0 Å². The molecule has 102 valence electrons. The fourth-order valence-electron chi connectivity index (χ4n) is 3.23. The molecular weight excluding hydrogens is 256 g/mol. The van der Waals surface area contributed by atoms with Gasteiger partial charge in [-0.05, 0) is 30.2 Å². The molecule has 0 saturated heterocycles. The van der Waals surface area contributed by atoms with Gasteiger partial charge in [0.25, 0.3) is 0 Å². The molecule has 0 unspecified atom stereocenters. The molecule has 2 heteroatoms. The average molecular weight is 273 g/mol. The highest BCUT2D eigenvalue weighted by molar-refractivity contribution is 5.78. The van der Waals surface area contributed by atoms with Crippen LogP contribution in [-0.2, 0) is 13.5 Å². The lowest BCUT2D eigenvalue weighted by atomic mass is 10.0. The second kappa shape index (κ2) is 4.52. The van der Waals surface area contributed by atoms with Crippen LogP contribution in [0.1, 0.15) is 16.8 Å². The molecule has 0 spiro atoms. The number of pyridine rings is 2. The Morgan fingerprint density at radius 3 is 2.67 bits per heavy atom. The van der Waals surface area contributed by atoms with Crippen LogP contribution in [0.4, 0.5) is 0 Å². The topological polar surface area (TPSA) is 16.8 Å². The summed E-state index contributed by atoms with van der Waals surface area (Å²) in [5, 5.41) is 0. The van der Waals surface area contributed by atoms with Gasteiger partial charge in [-0.2, -0.15) is 0 Å². The minimum Gasteiger partial charge on any atom is -0.260 e. The van der Waals surface area contributed by atoms with Gasteiger partial charge in [0.2, 0.25) is 5.69 Å². The van der Waals surface area contributed by atoms with Crippen LogP contribution in [0.2, 0.25) is 0 Å². The highest BCUT2D eigenvalue weighted by Gasteiger charge is 2.25. The molecule has 0 saturated carbocycles. The molecule has 3 aromatic rings. The van der Waals surface area contributed by atoms with Crippen LogP contribution in [0, 0.1) is 6.92 Å². The van der Waals surface area contributed by atoms with E-state index in [4.69, 9.17) is 0 Å². The first kappa shape index (κ1) is 12.3. The Hall–Kier alpha value is -2.48. The molecule has 0 atom stereocenters. The summed E-state index contributed by atoms with van der Waals surface area (Å²) in [6.07, 6.45) is 5.07. The van der Waals surface area contributed by atoms with Crippen molar-refractivity contribution < 1.29 is 4.57 Å². The number of hydrogen-bond donors (Lipinski definition) is 0. The first-order chi connectivity index (χ1) is 10.2. The van der Waals surface area contributed by atoms with Gasteiger partial charge in [-0.15, -0.1) is 0 Å². The predicted octanol–water partition coefficient (Wildman–Crippen LogP) is 3.45. The van der Waals surface area contributed by atoms with E-state index in [1.54, 1.807) is 0 Å². The average Bonchev–Trinajstić information content (AvgIpc) is 2.84. The van der Waals surface area contributed by atoms with E-state index in [1.807, 2.05) is 12.3 Å². The van der Waals surface area contributed by atoms with E-state index in [1.165, 1.54) is 39.2 Å². The number of aryl methyl sites for hydroxylation is 2. The van der Waals surface area contributed by atoms with Crippen molar-refractivity contribution in [2.45, 2.75) is 13.3 Å². The fraction of sp³-hybridized carbons (Fsp3) is 0.158. The summed E-state index contributed by atoms with van der Waals surface area (Å²) in [4.78, 5) is 4.51. The van der Waals surface area contributed by atoms with Gasteiger partial charge in [-0.25, -0.2) is 4.57 Å². The Labute approximate surface area is 124 Å². The van der Waals surface area contributed by atoms with Gasteiger partial charge in [-0.3, -0.25) is 4.98 Å². The summed E-state index contributed by atoms with van der Waals surface area (Å²) in [5.74, 6) is 0. The van der Waals surface area contributed by atoms with Crippen LogP contribution in [0.3, 0.4) is 0 Å². The highest BCUT2D eigenvalue weighted by atomic mass is 14.9. The third kappa shape index (κ3) is 1.87. The zero-order valence-electron chi connectivity index (χ0n) is 12.3. The maximum Gasteiger partial charge on any atom is 0.213 e. The summed E-state index contributed by atoms with van der Waals surface area (Å²) in [6.45, 7) is 2.16. The van der Waals surface area contributed by atoms with Crippen LogP contribution in [0.5, 0.6) is 0 Å². The summed E-state index contributed by atoms with van der Waals surface area (Å²) < 4.78 is 2.23. The first-order valence-corrected chi connectivity index (χ1v) is 7.27. The lowest BCUT2D eigenvalue weighted by Crippen LogP contribution is -2.31. The van der Waals surface area contributed by atoms with Crippen LogP contribution in [0.25, 0.3) is 22.4 Å². The number of hydrogen-bond acceptors (Lipinski definition) is 1. The Kier molecular flexibility index (Phi) is 2.64. The number of benzene rings is 1. The minimum atomic E-state index is 0.938. The standard InChI is InChI=1S/C19H17N2/c1-13-6-3-4-7-15(13)19-11-17-14(12-21(19)2)10-18-16(17)8-5-9-20-18/h3-9,11-12H,10H2,1-2H3/q+1. The van der Waals surface area contributed by atoms with E-state index in [0.29, 0.717) is 0 Å². The van der Waals surface area contributed by atoms with Gasteiger partial charge in [0, 0.05) is 35.4 Å². The Morgan fingerprint density at radius 1 is 1.00 bits per heavy atom. The van der Waals surface area contributed by atoms with E-state index in [2.05, 4.69) is 66.1 Å². The van der Waals surface area contributed by atoms with Crippen molar-refractivity contribution in [1.29, 1.82) is 0 Å². The van der Waals surface area contributed by atoms with Gasteiger partial charge in [0.05, 0.1) is 5.69 Å². The highest BCUT2D eigenvalue weighted by Crippen LogP contribution is 2.36. The summed E-state index contributed by atoms with van der Waals surface area (Å²) >= 11 is 0. The number of aromatic nitrogens is 2. The first-order valence-electron chi connectivity index (χ1n) is 7.27. The summed E-state index contributed by atoms with van der Waals surface area (Å²) in [5.41, 5.74) is 9.01. The van der Waals surface area contributed by atoms with E-state index < -0.39 is 0 Å². The number of nitrogens with zero attached hydrogens (tertiary/aromatic N) is 2. The Morgan fingerprint density at radius 2 is 1.81 bits per heavy atom. The zero-order valence-corrected chi connectivity index (χ0v) is 12.3. The predicted molar refractivity (Wildman–Crippen MR) is 83.8 cm³/mol. The normalized spacial score (nSPS) is 12.1. The Balaban J connectivity index is 1.96. The molecule has 1 aliphatic rings. The molecule has 2 aromatic heterocycles. The second-order valence-electron chi connectivity index (χ2n) is 5.70. The smallest absolute Gasteiger partial charge is 0.213 e. The molecule has 2 heterocycles. The molecular formula is C19H17N2+. The zero-order chi connectivity index (χ0) is 14.4. The van der Waals surface area contributed by atoms with Gasteiger partial charge in [0.15, 0.2) is 6.20 Å². The van der Waals surface area contributed by atoms with E-state index in [-0.39, 0.29) is 0 Å². The van der Waals surface area contributed by atoms with E-state index in [9.17, 15) is 0 Å². The third-order valence-corrected chi connectivity index (χ3v) is 4.32. The molecule has 1 aromatic carbocycles. The van der Waals surface area contributed by atoms with E-state index in [0.717, 1.165) is 6.42 Å². The monoisotopic (exact) mass is 273 g/mol. The molecule has 0 aliphatic heterocycles. The lowest BCUT2D eigenvalue weighted by Gasteiger charge is -2.07. The lowest BCUT2D eigenvalue weighted by molar-refractivity contribution is -0.660. The van der Waals surface area contributed by atoms with Crippen molar-refractivity contribution in [2.24, 2.45) is 7.05 Å². The molecule has 4 rings (SSSR count). The second-order valence-corrected chi connectivity index (χ2v) is 5.70. The maximum absolute atomic E-state index is 4.51. The minimum absolute atomic E-state index is 0.938.